The van der Waals surface area contributed by atoms with Crippen LogP contribution in [0.15, 0.2) is 30.3 Å². The van der Waals surface area contributed by atoms with Gasteiger partial charge in [-0.1, -0.05) is 44.2 Å². The lowest BCUT2D eigenvalue weighted by Gasteiger charge is -2.13. The summed E-state index contributed by atoms with van der Waals surface area (Å²) >= 11 is 1.26. The van der Waals surface area contributed by atoms with Gasteiger partial charge in [0.2, 0.25) is 5.91 Å². The van der Waals surface area contributed by atoms with E-state index in [2.05, 4.69) is 10.3 Å². The SMILES string of the molecule is COC(=O)Cc1sc(NC(=O)[C@@H](N)C(C)C)nc1-c1ccccc1.Cl. The third kappa shape index (κ3) is 5.52. The van der Waals surface area contributed by atoms with Crippen molar-refractivity contribution in [1.82, 2.24) is 4.98 Å². The van der Waals surface area contributed by atoms with Crippen LogP contribution in [0.2, 0.25) is 0 Å². The van der Waals surface area contributed by atoms with Gasteiger partial charge in [0.05, 0.1) is 25.3 Å². The Kier molecular flexibility index (Phi) is 8.02. The molecule has 136 valence electrons. The first kappa shape index (κ1) is 21.1. The zero-order valence-corrected chi connectivity index (χ0v) is 15.9. The third-order valence-electron chi connectivity index (χ3n) is 3.53. The standard InChI is InChI=1S/C17H21N3O3S.ClH/c1-10(2)14(18)16(22)20-17-19-15(11-7-5-4-6-8-11)12(24-17)9-13(21)23-3;/h4-8,10,14H,9,18H2,1-3H3,(H,19,20,22);1H/t14-;/m0./s1. The van der Waals surface area contributed by atoms with Crippen LogP contribution in [0.3, 0.4) is 0 Å². The number of anilines is 1. The number of hydrogen-bond acceptors (Lipinski definition) is 6. The molecule has 0 spiro atoms. The molecule has 6 nitrogen and oxygen atoms in total. The van der Waals surface area contributed by atoms with Crippen LogP contribution in [-0.4, -0.2) is 30.0 Å². The molecule has 0 bridgehead atoms. The second-order valence-corrected chi connectivity index (χ2v) is 6.75. The maximum absolute atomic E-state index is 12.1. The molecule has 1 amide bonds. The molecular weight excluding hydrogens is 362 g/mol. The van der Waals surface area contributed by atoms with Gasteiger partial charge in [-0.3, -0.25) is 9.59 Å². The number of carbonyl (C=O) groups is 2. The fourth-order valence-corrected chi connectivity index (χ4v) is 3.01. The Morgan fingerprint density at radius 1 is 1.28 bits per heavy atom. The fraction of sp³-hybridized carbons (Fsp3) is 0.353. The summed E-state index contributed by atoms with van der Waals surface area (Å²) < 4.78 is 4.74. The number of hydrogen-bond donors (Lipinski definition) is 2. The van der Waals surface area contributed by atoms with Crippen molar-refractivity contribution in [3.8, 4) is 11.3 Å². The number of benzene rings is 1. The van der Waals surface area contributed by atoms with E-state index in [1.54, 1.807) is 0 Å². The number of amides is 1. The Hall–Kier alpha value is -1.96. The molecule has 0 unspecified atom stereocenters. The maximum atomic E-state index is 12.1. The van der Waals surface area contributed by atoms with Gasteiger partial charge in [0.15, 0.2) is 5.13 Å². The molecule has 2 aromatic rings. The molecule has 2 rings (SSSR count). The second-order valence-electron chi connectivity index (χ2n) is 5.67. The molecule has 0 saturated carbocycles. The van der Waals surface area contributed by atoms with E-state index in [-0.39, 0.29) is 36.6 Å². The zero-order valence-electron chi connectivity index (χ0n) is 14.3. The minimum atomic E-state index is -0.613. The van der Waals surface area contributed by atoms with E-state index in [1.807, 2.05) is 44.2 Å². The number of aromatic nitrogens is 1. The molecule has 0 aliphatic carbocycles. The average molecular weight is 384 g/mol. The smallest absolute Gasteiger partial charge is 0.310 e. The molecule has 1 aromatic heterocycles. The predicted molar refractivity (Wildman–Crippen MR) is 102 cm³/mol. The summed E-state index contributed by atoms with van der Waals surface area (Å²) in [6.45, 7) is 3.76. The highest BCUT2D eigenvalue weighted by atomic mass is 35.5. The normalized spacial score (nSPS) is 11.6. The van der Waals surface area contributed by atoms with Gasteiger partial charge in [0, 0.05) is 10.4 Å². The van der Waals surface area contributed by atoms with Gasteiger partial charge < -0.3 is 15.8 Å². The first-order chi connectivity index (χ1) is 11.4. The quantitative estimate of drug-likeness (QED) is 0.748. The summed E-state index contributed by atoms with van der Waals surface area (Å²) in [4.78, 5) is 29.0. The molecule has 3 N–H and O–H groups in total. The van der Waals surface area contributed by atoms with Crippen molar-refractivity contribution in [2.75, 3.05) is 12.4 Å². The maximum Gasteiger partial charge on any atom is 0.310 e. The van der Waals surface area contributed by atoms with Gasteiger partial charge in [-0.25, -0.2) is 4.98 Å². The summed E-state index contributed by atoms with van der Waals surface area (Å²) in [6, 6.07) is 8.88. The number of esters is 1. The summed E-state index contributed by atoms with van der Waals surface area (Å²) in [5.41, 5.74) is 7.40. The van der Waals surface area contributed by atoms with Gasteiger partial charge in [0.1, 0.15) is 0 Å². The number of rotatable bonds is 6. The fourth-order valence-electron chi connectivity index (χ4n) is 2.04. The number of carbonyl (C=O) groups excluding carboxylic acids is 2. The van der Waals surface area contributed by atoms with Crippen molar-refractivity contribution in [3.63, 3.8) is 0 Å². The van der Waals surface area contributed by atoms with Crippen molar-refractivity contribution >= 4 is 40.8 Å². The van der Waals surface area contributed by atoms with Crippen molar-refractivity contribution in [2.45, 2.75) is 26.3 Å². The van der Waals surface area contributed by atoms with Crippen LogP contribution in [0.25, 0.3) is 11.3 Å². The molecule has 25 heavy (non-hydrogen) atoms. The predicted octanol–water partition coefficient (Wildman–Crippen LogP) is 2.87. The number of methoxy groups -OCH3 is 1. The van der Waals surface area contributed by atoms with Crippen LogP contribution >= 0.6 is 23.7 Å². The highest BCUT2D eigenvalue weighted by Gasteiger charge is 2.21. The molecular formula is C17H22ClN3O3S. The molecule has 8 heteroatoms. The van der Waals surface area contributed by atoms with Crippen molar-refractivity contribution < 1.29 is 14.3 Å². The lowest BCUT2D eigenvalue weighted by atomic mass is 10.1. The molecule has 1 aromatic carbocycles. The average Bonchev–Trinajstić information content (AvgIpc) is 2.96. The Morgan fingerprint density at radius 2 is 1.92 bits per heavy atom. The Balaban J connectivity index is 0.00000312. The molecule has 1 atom stereocenters. The van der Waals surface area contributed by atoms with Crippen LogP contribution in [0.4, 0.5) is 5.13 Å². The molecule has 0 aliphatic rings. The van der Waals surface area contributed by atoms with Crippen LogP contribution in [0, 0.1) is 5.92 Å². The van der Waals surface area contributed by atoms with Crippen molar-refractivity contribution in [3.05, 3.63) is 35.2 Å². The summed E-state index contributed by atoms with van der Waals surface area (Å²) in [6.07, 6.45) is 0.102. The lowest BCUT2D eigenvalue weighted by molar-refractivity contribution is -0.139. The van der Waals surface area contributed by atoms with Crippen LogP contribution in [0.5, 0.6) is 0 Å². The van der Waals surface area contributed by atoms with E-state index < -0.39 is 6.04 Å². The van der Waals surface area contributed by atoms with E-state index >= 15 is 0 Å². The number of nitrogens with two attached hydrogens (primary N) is 1. The Morgan fingerprint density at radius 3 is 2.48 bits per heavy atom. The lowest BCUT2D eigenvalue weighted by Crippen LogP contribution is -2.39. The highest BCUT2D eigenvalue weighted by molar-refractivity contribution is 7.16. The minimum Gasteiger partial charge on any atom is -0.469 e. The van der Waals surface area contributed by atoms with Crippen LogP contribution in [0.1, 0.15) is 18.7 Å². The van der Waals surface area contributed by atoms with Crippen LogP contribution in [-0.2, 0) is 20.7 Å². The molecule has 0 aliphatic heterocycles. The first-order valence-electron chi connectivity index (χ1n) is 7.60. The molecule has 1 heterocycles. The van der Waals surface area contributed by atoms with Gasteiger partial charge in [-0.05, 0) is 5.92 Å². The second kappa shape index (κ2) is 9.50. The van der Waals surface area contributed by atoms with E-state index in [9.17, 15) is 9.59 Å². The summed E-state index contributed by atoms with van der Waals surface area (Å²) in [5.74, 6) is -0.622. The number of nitrogens with zero attached hydrogens (tertiary/aromatic N) is 1. The molecule has 0 radical (unpaired) electrons. The minimum absolute atomic E-state index is 0. The third-order valence-corrected chi connectivity index (χ3v) is 4.50. The Labute approximate surface area is 157 Å². The monoisotopic (exact) mass is 383 g/mol. The summed E-state index contributed by atoms with van der Waals surface area (Å²) in [7, 11) is 1.34. The van der Waals surface area contributed by atoms with Crippen molar-refractivity contribution in [2.24, 2.45) is 11.7 Å². The van der Waals surface area contributed by atoms with E-state index in [1.165, 1.54) is 18.4 Å². The topological polar surface area (TPSA) is 94.3 Å². The van der Waals surface area contributed by atoms with Gasteiger partial charge in [0.25, 0.3) is 0 Å². The largest absolute Gasteiger partial charge is 0.469 e. The number of nitrogens with one attached hydrogen (secondary N) is 1. The van der Waals surface area contributed by atoms with E-state index in [0.29, 0.717) is 10.8 Å². The number of ether oxygens (including phenoxy) is 1. The molecule has 0 saturated heterocycles. The highest BCUT2D eigenvalue weighted by Crippen LogP contribution is 2.31. The van der Waals surface area contributed by atoms with Crippen molar-refractivity contribution in [1.29, 1.82) is 0 Å². The summed E-state index contributed by atoms with van der Waals surface area (Å²) in [5, 5.41) is 3.16. The number of thiazole rings is 1. The zero-order chi connectivity index (χ0) is 17.7. The van der Waals surface area contributed by atoms with Gasteiger partial charge >= 0.3 is 5.97 Å². The van der Waals surface area contributed by atoms with E-state index in [0.717, 1.165) is 10.4 Å². The molecule has 0 fully saturated rings. The first-order valence-corrected chi connectivity index (χ1v) is 8.42. The van der Waals surface area contributed by atoms with Gasteiger partial charge in [-0.2, -0.15) is 0 Å². The van der Waals surface area contributed by atoms with E-state index in [4.69, 9.17) is 10.5 Å². The number of halogens is 1. The van der Waals surface area contributed by atoms with Crippen LogP contribution < -0.4 is 11.1 Å². The Bertz CT molecular complexity index is 719. The van der Waals surface area contributed by atoms with Gasteiger partial charge in [-0.15, -0.1) is 23.7 Å².